The molecular weight excluding hydrogens is 174 g/mol. The fraction of sp³-hybridized carbons (Fsp3) is 0.545. The molecule has 1 saturated carbocycles. The largest absolute Gasteiger partial charge is 0.241 e. The van der Waals surface area contributed by atoms with Gasteiger partial charge in [-0.15, -0.1) is 0 Å². The maximum atomic E-state index is 8.72. The topological polar surface area (TPSA) is 49.6 Å². The zero-order valence-electron chi connectivity index (χ0n) is 8.11. The highest BCUT2D eigenvalue weighted by Gasteiger charge is 2.16. The van der Waals surface area contributed by atoms with Gasteiger partial charge in [-0.25, -0.2) is 9.97 Å². The molecule has 72 valence electrons. The highest BCUT2D eigenvalue weighted by molar-refractivity contribution is 5.23. The normalized spacial score (nSPS) is 17.6. The SMILES string of the molecule is N#Cc1cc(C2CCCCC2)ncn1. The van der Waals surface area contributed by atoms with Crippen LogP contribution in [0.3, 0.4) is 0 Å². The second-order valence-electron chi connectivity index (χ2n) is 3.77. The second-order valence-corrected chi connectivity index (χ2v) is 3.77. The highest BCUT2D eigenvalue weighted by Crippen LogP contribution is 2.31. The lowest BCUT2D eigenvalue weighted by atomic mass is 9.87. The van der Waals surface area contributed by atoms with Gasteiger partial charge in [0, 0.05) is 11.6 Å². The minimum Gasteiger partial charge on any atom is -0.241 e. The van der Waals surface area contributed by atoms with E-state index in [2.05, 4.69) is 16.0 Å². The molecule has 0 aliphatic heterocycles. The van der Waals surface area contributed by atoms with E-state index in [1.165, 1.54) is 38.4 Å². The first-order valence-electron chi connectivity index (χ1n) is 5.12. The van der Waals surface area contributed by atoms with Crippen molar-refractivity contribution in [2.45, 2.75) is 38.0 Å². The minimum absolute atomic E-state index is 0.487. The molecule has 1 heterocycles. The summed E-state index contributed by atoms with van der Waals surface area (Å²) in [5.74, 6) is 0.554. The first-order valence-corrected chi connectivity index (χ1v) is 5.12. The van der Waals surface area contributed by atoms with Crippen molar-refractivity contribution in [3.8, 4) is 6.07 Å². The van der Waals surface area contributed by atoms with Crippen LogP contribution in [0.15, 0.2) is 12.4 Å². The Morgan fingerprint density at radius 3 is 2.71 bits per heavy atom. The fourth-order valence-electron chi connectivity index (χ4n) is 2.06. The predicted molar refractivity (Wildman–Crippen MR) is 52.6 cm³/mol. The van der Waals surface area contributed by atoms with Crippen molar-refractivity contribution < 1.29 is 0 Å². The third-order valence-corrected chi connectivity index (χ3v) is 2.83. The molecule has 2 rings (SSSR count). The van der Waals surface area contributed by atoms with Crippen LogP contribution in [0.1, 0.15) is 49.4 Å². The summed E-state index contributed by atoms with van der Waals surface area (Å²) in [7, 11) is 0. The molecule has 0 bridgehead atoms. The van der Waals surface area contributed by atoms with Gasteiger partial charge in [0.1, 0.15) is 18.1 Å². The van der Waals surface area contributed by atoms with Gasteiger partial charge in [-0.3, -0.25) is 0 Å². The molecule has 1 aromatic heterocycles. The van der Waals surface area contributed by atoms with Gasteiger partial charge in [-0.2, -0.15) is 5.26 Å². The summed E-state index contributed by atoms with van der Waals surface area (Å²) in [6.45, 7) is 0. The van der Waals surface area contributed by atoms with Crippen molar-refractivity contribution in [1.82, 2.24) is 9.97 Å². The Labute approximate surface area is 83.8 Å². The molecule has 0 amide bonds. The highest BCUT2D eigenvalue weighted by atomic mass is 14.8. The zero-order valence-corrected chi connectivity index (χ0v) is 8.11. The van der Waals surface area contributed by atoms with Gasteiger partial charge >= 0.3 is 0 Å². The van der Waals surface area contributed by atoms with Crippen molar-refractivity contribution in [3.63, 3.8) is 0 Å². The Hall–Kier alpha value is -1.43. The van der Waals surface area contributed by atoms with Crippen LogP contribution in [0.5, 0.6) is 0 Å². The maximum absolute atomic E-state index is 8.72. The average Bonchev–Trinajstić information content (AvgIpc) is 2.30. The summed E-state index contributed by atoms with van der Waals surface area (Å²) in [6, 6.07) is 3.88. The van der Waals surface area contributed by atoms with E-state index in [4.69, 9.17) is 5.26 Å². The third-order valence-electron chi connectivity index (χ3n) is 2.83. The summed E-state index contributed by atoms with van der Waals surface area (Å²) in [5, 5.41) is 8.72. The third kappa shape index (κ3) is 1.90. The van der Waals surface area contributed by atoms with Crippen LogP contribution in [0.4, 0.5) is 0 Å². The van der Waals surface area contributed by atoms with E-state index in [9.17, 15) is 0 Å². The molecule has 0 N–H and O–H groups in total. The molecule has 3 nitrogen and oxygen atoms in total. The summed E-state index contributed by atoms with van der Waals surface area (Å²) in [6.07, 6.45) is 7.84. The van der Waals surface area contributed by atoms with Crippen LogP contribution in [0.2, 0.25) is 0 Å². The number of rotatable bonds is 1. The molecule has 0 aromatic carbocycles. The Kier molecular flexibility index (Phi) is 2.73. The standard InChI is InChI=1S/C11H13N3/c12-7-10-6-11(14-8-13-10)9-4-2-1-3-5-9/h6,8-9H,1-5H2. The van der Waals surface area contributed by atoms with Crippen molar-refractivity contribution in [3.05, 3.63) is 23.8 Å². The number of hydrogen-bond donors (Lipinski definition) is 0. The number of hydrogen-bond acceptors (Lipinski definition) is 3. The maximum Gasteiger partial charge on any atom is 0.144 e. The van der Waals surface area contributed by atoms with Crippen molar-refractivity contribution in [1.29, 1.82) is 5.26 Å². The lowest BCUT2D eigenvalue weighted by Crippen LogP contribution is -2.07. The monoisotopic (exact) mass is 187 g/mol. The van der Waals surface area contributed by atoms with Crippen LogP contribution in [-0.2, 0) is 0 Å². The van der Waals surface area contributed by atoms with E-state index < -0.39 is 0 Å². The number of nitriles is 1. The van der Waals surface area contributed by atoms with Gasteiger partial charge in [0.05, 0.1) is 0 Å². The zero-order chi connectivity index (χ0) is 9.80. The Bertz CT molecular complexity index is 348. The van der Waals surface area contributed by atoms with Crippen LogP contribution < -0.4 is 0 Å². The molecule has 14 heavy (non-hydrogen) atoms. The number of aromatic nitrogens is 2. The van der Waals surface area contributed by atoms with Crippen molar-refractivity contribution >= 4 is 0 Å². The van der Waals surface area contributed by atoms with E-state index >= 15 is 0 Å². The van der Waals surface area contributed by atoms with Gasteiger partial charge in [0.2, 0.25) is 0 Å². The summed E-state index contributed by atoms with van der Waals surface area (Å²) >= 11 is 0. The van der Waals surface area contributed by atoms with Gasteiger partial charge in [0.15, 0.2) is 0 Å². The van der Waals surface area contributed by atoms with Gasteiger partial charge in [-0.1, -0.05) is 19.3 Å². The lowest BCUT2D eigenvalue weighted by molar-refractivity contribution is 0.436. The Morgan fingerprint density at radius 2 is 2.00 bits per heavy atom. The Morgan fingerprint density at radius 1 is 1.21 bits per heavy atom. The summed E-state index contributed by atoms with van der Waals surface area (Å²) < 4.78 is 0. The second kappa shape index (κ2) is 4.19. The van der Waals surface area contributed by atoms with Gasteiger partial charge in [0.25, 0.3) is 0 Å². The molecule has 1 aliphatic carbocycles. The minimum atomic E-state index is 0.487. The van der Waals surface area contributed by atoms with Crippen molar-refractivity contribution in [2.75, 3.05) is 0 Å². The Balaban J connectivity index is 2.18. The molecule has 0 unspecified atom stereocenters. The van der Waals surface area contributed by atoms with Crippen LogP contribution in [0, 0.1) is 11.3 Å². The van der Waals surface area contributed by atoms with E-state index in [1.54, 1.807) is 0 Å². The van der Waals surface area contributed by atoms with Gasteiger partial charge < -0.3 is 0 Å². The quantitative estimate of drug-likeness (QED) is 0.678. The molecule has 0 spiro atoms. The molecule has 0 atom stereocenters. The first kappa shape index (κ1) is 9.14. The summed E-state index contributed by atoms with van der Waals surface area (Å²) in [4.78, 5) is 8.13. The molecule has 1 aliphatic rings. The molecule has 1 aromatic rings. The molecule has 0 radical (unpaired) electrons. The van der Waals surface area contributed by atoms with Crippen LogP contribution >= 0.6 is 0 Å². The lowest BCUT2D eigenvalue weighted by Gasteiger charge is -2.20. The van der Waals surface area contributed by atoms with Crippen LogP contribution in [-0.4, -0.2) is 9.97 Å². The van der Waals surface area contributed by atoms with Gasteiger partial charge in [-0.05, 0) is 18.9 Å². The predicted octanol–water partition coefficient (Wildman–Crippen LogP) is 2.40. The molecular formula is C11H13N3. The van der Waals surface area contributed by atoms with E-state index in [0.29, 0.717) is 11.6 Å². The van der Waals surface area contributed by atoms with E-state index in [1.807, 2.05) is 6.07 Å². The first-order chi connectivity index (χ1) is 6.90. The van der Waals surface area contributed by atoms with Crippen molar-refractivity contribution in [2.24, 2.45) is 0 Å². The van der Waals surface area contributed by atoms with Crippen LogP contribution in [0.25, 0.3) is 0 Å². The van der Waals surface area contributed by atoms with E-state index in [0.717, 1.165) is 5.69 Å². The summed E-state index contributed by atoms with van der Waals surface area (Å²) in [5.41, 5.74) is 1.54. The number of nitrogens with zero attached hydrogens (tertiary/aromatic N) is 3. The molecule has 1 fully saturated rings. The fourth-order valence-corrected chi connectivity index (χ4v) is 2.06. The molecule has 0 saturated heterocycles. The molecule has 3 heteroatoms. The van der Waals surface area contributed by atoms with E-state index in [-0.39, 0.29) is 0 Å². The average molecular weight is 187 g/mol. The smallest absolute Gasteiger partial charge is 0.144 e.